The molecule has 0 N–H and O–H groups in total. The molecule has 3 rings (SSSR count). The summed E-state index contributed by atoms with van der Waals surface area (Å²) in [4.78, 5) is 12.3. The Bertz CT molecular complexity index is 685. The first kappa shape index (κ1) is 13.9. The van der Waals surface area contributed by atoms with Gasteiger partial charge >= 0.3 is 0 Å². The molecule has 0 radical (unpaired) electrons. The van der Waals surface area contributed by atoms with Crippen molar-refractivity contribution in [1.82, 2.24) is 0 Å². The fourth-order valence-electron chi connectivity index (χ4n) is 2.63. The number of halogens is 2. The molecule has 2 aromatic rings. The van der Waals surface area contributed by atoms with Crippen molar-refractivity contribution in [2.24, 2.45) is 0 Å². The van der Waals surface area contributed by atoms with E-state index < -0.39 is 17.4 Å². The molecule has 0 amide bonds. The lowest BCUT2D eigenvalue weighted by Crippen LogP contribution is -2.10. The first-order valence-corrected chi connectivity index (χ1v) is 7.16. The Balaban J connectivity index is 1.89. The molecule has 0 heterocycles. The summed E-state index contributed by atoms with van der Waals surface area (Å²) < 4.78 is 27.0. The van der Waals surface area contributed by atoms with Crippen molar-refractivity contribution in [1.29, 1.82) is 0 Å². The van der Waals surface area contributed by atoms with Gasteiger partial charge in [-0.3, -0.25) is 4.79 Å². The van der Waals surface area contributed by atoms with Crippen LogP contribution >= 0.6 is 0 Å². The molecule has 108 valence electrons. The smallest absolute Gasteiger partial charge is 0.195 e. The Hall–Kier alpha value is -2.03. The highest BCUT2D eigenvalue weighted by Gasteiger charge is 2.20. The highest BCUT2D eigenvalue weighted by atomic mass is 19.1. The van der Waals surface area contributed by atoms with Gasteiger partial charge in [0.2, 0.25) is 0 Å². The van der Waals surface area contributed by atoms with Crippen molar-refractivity contribution >= 4 is 5.78 Å². The fraction of sp³-hybridized carbons (Fsp3) is 0.278. The van der Waals surface area contributed by atoms with E-state index in [0.29, 0.717) is 11.5 Å². The maximum atomic E-state index is 13.8. The van der Waals surface area contributed by atoms with Crippen LogP contribution in [0.2, 0.25) is 0 Å². The highest BCUT2D eigenvalue weighted by molar-refractivity contribution is 6.09. The van der Waals surface area contributed by atoms with E-state index >= 15 is 0 Å². The van der Waals surface area contributed by atoms with Crippen LogP contribution < -0.4 is 0 Å². The summed E-state index contributed by atoms with van der Waals surface area (Å²) in [5.41, 5.74) is 1.85. The van der Waals surface area contributed by atoms with E-state index in [0.717, 1.165) is 6.07 Å². The Kier molecular flexibility index (Phi) is 3.58. The normalized spacial score (nSPS) is 14.8. The number of aryl methyl sites for hydroxylation is 1. The van der Waals surface area contributed by atoms with Crippen LogP contribution in [0.4, 0.5) is 8.78 Å². The molecule has 1 aliphatic rings. The quantitative estimate of drug-likeness (QED) is 0.743. The molecule has 1 fully saturated rings. The van der Waals surface area contributed by atoms with Gasteiger partial charge in [0.25, 0.3) is 0 Å². The zero-order valence-electron chi connectivity index (χ0n) is 11.8. The van der Waals surface area contributed by atoms with Gasteiger partial charge < -0.3 is 0 Å². The number of rotatable bonds is 3. The molecule has 21 heavy (non-hydrogen) atoms. The van der Waals surface area contributed by atoms with Gasteiger partial charge in [0, 0.05) is 11.6 Å². The van der Waals surface area contributed by atoms with Crippen LogP contribution in [0.25, 0.3) is 0 Å². The highest BCUT2D eigenvalue weighted by Crippen LogP contribution is 2.36. The van der Waals surface area contributed by atoms with Crippen LogP contribution in [0.5, 0.6) is 0 Å². The van der Waals surface area contributed by atoms with Crippen LogP contribution in [-0.4, -0.2) is 5.78 Å². The van der Waals surface area contributed by atoms with Crippen molar-refractivity contribution in [3.63, 3.8) is 0 Å². The fourth-order valence-corrected chi connectivity index (χ4v) is 2.63. The second kappa shape index (κ2) is 5.40. The summed E-state index contributed by atoms with van der Waals surface area (Å²) in [6.45, 7) is 1.52. The number of hydrogen-bond acceptors (Lipinski definition) is 1. The van der Waals surface area contributed by atoms with Crippen molar-refractivity contribution in [3.8, 4) is 0 Å². The lowest BCUT2D eigenvalue weighted by molar-refractivity contribution is 0.103. The minimum absolute atomic E-state index is 0.0784. The molecular weight excluding hydrogens is 270 g/mol. The lowest BCUT2D eigenvalue weighted by atomic mass is 9.80. The summed E-state index contributed by atoms with van der Waals surface area (Å²) in [7, 11) is 0. The second-order valence-corrected chi connectivity index (χ2v) is 5.66. The average Bonchev–Trinajstić information content (AvgIpc) is 2.41. The molecule has 0 atom stereocenters. The minimum atomic E-state index is -0.814. The van der Waals surface area contributed by atoms with E-state index in [4.69, 9.17) is 0 Å². The van der Waals surface area contributed by atoms with Crippen LogP contribution in [0.1, 0.15) is 52.2 Å². The molecule has 0 aliphatic heterocycles. The zero-order chi connectivity index (χ0) is 15.0. The molecular formula is C18H16F2O. The largest absolute Gasteiger partial charge is 0.288 e. The van der Waals surface area contributed by atoms with E-state index in [1.54, 1.807) is 12.1 Å². The van der Waals surface area contributed by atoms with Crippen molar-refractivity contribution in [3.05, 3.63) is 70.3 Å². The maximum absolute atomic E-state index is 13.8. The monoisotopic (exact) mass is 286 g/mol. The van der Waals surface area contributed by atoms with Gasteiger partial charge in [0.15, 0.2) is 5.78 Å². The second-order valence-electron chi connectivity index (χ2n) is 5.66. The summed E-state index contributed by atoms with van der Waals surface area (Å²) in [5.74, 6) is -1.26. The number of benzene rings is 2. The molecule has 1 nitrogen and oxygen atoms in total. The third-order valence-corrected chi connectivity index (χ3v) is 4.24. The Morgan fingerprint density at radius 1 is 1.05 bits per heavy atom. The van der Waals surface area contributed by atoms with E-state index in [9.17, 15) is 13.6 Å². The van der Waals surface area contributed by atoms with Gasteiger partial charge in [0.05, 0.1) is 5.56 Å². The van der Waals surface area contributed by atoms with Gasteiger partial charge in [0.1, 0.15) is 11.6 Å². The summed E-state index contributed by atoms with van der Waals surface area (Å²) >= 11 is 0. The molecule has 3 heteroatoms. The maximum Gasteiger partial charge on any atom is 0.195 e. The Morgan fingerprint density at radius 2 is 1.71 bits per heavy atom. The molecule has 1 aliphatic carbocycles. The zero-order valence-corrected chi connectivity index (χ0v) is 11.8. The SMILES string of the molecule is Cc1cc(C(=O)c2ccc(C3CCC3)cc2)c(F)cc1F. The molecule has 0 unspecified atom stereocenters. The first-order chi connectivity index (χ1) is 10.1. The summed E-state index contributed by atoms with van der Waals surface area (Å²) in [5, 5.41) is 0. The third kappa shape index (κ3) is 2.60. The minimum Gasteiger partial charge on any atom is -0.288 e. The van der Waals surface area contributed by atoms with Crippen LogP contribution in [-0.2, 0) is 0 Å². The molecule has 0 aromatic heterocycles. The van der Waals surface area contributed by atoms with Gasteiger partial charge in [-0.05, 0) is 42.9 Å². The number of hydrogen-bond donors (Lipinski definition) is 0. The van der Waals surface area contributed by atoms with Crippen LogP contribution in [0.15, 0.2) is 36.4 Å². The average molecular weight is 286 g/mol. The van der Waals surface area contributed by atoms with Gasteiger partial charge in [-0.15, -0.1) is 0 Å². The Labute approximate surface area is 122 Å². The van der Waals surface area contributed by atoms with Crippen LogP contribution in [0.3, 0.4) is 0 Å². The van der Waals surface area contributed by atoms with Gasteiger partial charge in [-0.2, -0.15) is 0 Å². The Morgan fingerprint density at radius 3 is 2.29 bits per heavy atom. The standard InChI is InChI=1S/C18H16F2O/c1-11-9-15(17(20)10-16(11)19)18(21)14-7-5-13(6-8-14)12-3-2-4-12/h5-10,12H,2-4H2,1H3. The third-order valence-electron chi connectivity index (χ3n) is 4.24. The van der Waals surface area contributed by atoms with Crippen molar-refractivity contribution in [2.75, 3.05) is 0 Å². The lowest BCUT2D eigenvalue weighted by Gasteiger charge is -2.25. The van der Waals surface area contributed by atoms with Gasteiger partial charge in [-0.25, -0.2) is 8.78 Å². The van der Waals surface area contributed by atoms with Crippen molar-refractivity contribution < 1.29 is 13.6 Å². The van der Waals surface area contributed by atoms with Crippen LogP contribution in [0, 0.1) is 18.6 Å². The molecule has 0 spiro atoms. The molecule has 0 saturated heterocycles. The molecule has 0 bridgehead atoms. The van der Waals surface area contributed by atoms with E-state index in [1.807, 2.05) is 12.1 Å². The summed E-state index contributed by atoms with van der Waals surface area (Å²) in [6.07, 6.45) is 3.64. The predicted molar refractivity (Wildman–Crippen MR) is 77.6 cm³/mol. The number of carbonyl (C=O) groups is 1. The van der Waals surface area contributed by atoms with Crippen molar-refractivity contribution in [2.45, 2.75) is 32.1 Å². The predicted octanol–water partition coefficient (Wildman–Crippen LogP) is 4.77. The summed E-state index contributed by atoms with van der Waals surface area (Å²) in [6, 6.07) is 9.37. The number of carbonyl (C=O) groups excluding carboxylic acids is 1. The van der Waals surface area contributed by atoms with Gasteiger partial charge in [-0.1, -0.05) is 30.7 Å². The molecule has 1 saturated carbocycles. The van der Waals surface area contributed by atoms with E-state index in [1.165, 1.54) is 37.8 Å². The topological polar surface area (TPSA) is 17.1 Å². The van der Waals surface area contributed by atoms with E-state index in [2.05, 4.69) is 0 Å². The first-order valence-electron chi connectivity index (χ1n) is 7.16. The number of ketones is 1. The molecule has 2 aromatic carbocycles. The van der Waals surface area contributed by atoms with E-state index in [-0.39, 0.29) is 11.1 Å².